The van der Waals surface area contributed by atoms with Crippen LogP contribution in [0.1, 0.15) is 24.0 Å². The highest BCUT2D eigenvalue weighted by atomic mass is 35.5. The van der Waals surface area contributed by atoms with E-state index in [4.69, 9.17) is 9.47 Å². The van der Waals surface area contributed by atoms with Crippen LogP contribution in [-0.4, -0.2) is 48.6 Å². The summed E-state index contributed by atoms with van der Waals surface area (Å²) in [6, 6.07) is 12.8. The van der Waals surface area contributed by atoms with Gasteiger partial charge < -0.3 is 25.0 Å². The number of hydrogen-bond donors (Lipinski definition) is 2. The fourth-order valence-corrected chi connectivity index (χ4v) is 4.48. The molecule has 0 saturated carbocycles. The Morgan fingerprint density at radius 2 is 1.81 bits per heavy atom. The van der Waals surface area contributed by atoms with Crippen molar-refractivity contribution in [1.82, 2.24) is 10.2 Å². The maximum Gasteiger partial charge on any atom is 0.247 e. The van der Waals surface area contributed by atoms with Crippen LogP contribution in [0, 0.1) is 0 Å². The monoisotopic (exact) mass is 443 g/mol. The van der Waals surface area contributed by atoms with Crippen LogP contribution in [0.2, 0.25) is 0 Å². The first-order chi connectivity index (χ1) is 14.7. The minimum absolute atomic E-state index is 0. The molecule has 2 aromatic carbocycles. The predicted molar refractivity (Wildman–Crippen MR) is 119 cm³/mol. The van der Waals surface area contributed by atoms with E-state index in [9.17, 15) is 9.59 Å². The molecule has 0 aromatic heterocycles. The number of benzene rings is 2. The van der Waals surface area contributed by atoms with Crippen molar-refractivity contribution < 1.29 is 19.1 Å². The number of nitrogens with one attached hydrogen (secondary N) is 2. The van der Waals surface area contributed by atoms with Crippen LogP contribution in [-0.2, 0) is 22.6 Å². The first-order valence-electron chi connectivity index (χ1n) is 10.5. The Bertz CT molecular complexity index is 983. The van der Waals surface area contributed by atoms with Crippen LogP contribution in [0.15, 0.2) is 42.5 Å². The third-order valence-electron chi connectivity index (χ3n) is 6.03. The zero-order valence-corrected chi connectivity index (χ0v) is 18.0. The molecule has 164 valence electrons. The van der Waals surface area contributed by atoms with E-state index in [1.807, 2.05) is 12.1 Å². The van der Waals surface area contributed by atoms with E-state index < -0.39 is 6.04 Å². The van der Waals surface area contributed by atoms with E-state index >= 15 is 0 Å². The fraction of sp³-hybridized carbons (Fsp3) is 0.391. The quantitative estimate of drug-likeness (QED) is 0.762. The lowest BCUT2D eigenvalue weighted by Crippen LogP contribution is -2.53. The normalized spacial score (nSPS) is 21.6. The molecule has 0 spiro atoms. The summed E-state index contributed by atoms with van der Waals surface area (Å²) in [7, 11) is 0. The van der Waals surface area contributed by atoms with Crippen LogP contribution < -0.4 is 20.1 Å². The summed E-state index contributed by atoms with van der Waals surface area (Å²) in [6.45, 7) is 2.30. The van der Waals surface area contributed by atoms with Gasteiger partial charge in [-0.25, -0.2) is 0 Å². The summed E-state index contributed by atoms with van der Waals surface area (Å²) in [4.78, 5) is 27.9. The van der Waals surface area contributed by atoms with Crippen LogP contribution in [0.5, 0.6) is 11.5 Å². The van der Waals surface area contributed by atoms with Crippen LogP contribution in [0.25, 0.3) is 0 Å². The van der Waals surface area contributed by atoms with Crippen molar-refractivity contribution in [3.8, 4) is 11.5 Å². The van der Waals surface area contributed by atoms with E-state index in [1.54, 1.807) is 23.1 Å². The predicted octanol–water partition coefficient (Wildman–Crippen LogP) is 2.52. The van der Waals surface area contributed by atoms with Crippen LogP contribution in [0.3, 0.4) is 0 Å². The Hall–Kier alpha value is -2.77. The topological polar surface area (TPSA) is 79.9 Å². The van der Waals surface area contributed by atoms with Gasteiger partial charge in [-0.1, -0.05) is 24.3 Å². The molecule has 2 N–H and O–H groups in total. The number of ether oxygens (including phenoxy) is 2. The van der Waals surface area contributed by atoms with Crippen molar-refractivity contribution in [2.45, 2.75) is 37.9 Å². The molecule has 7 nitrogen and oxygen atoms in total. The summed E-state index contributed by atoms with van der Waals surface area (Å²) in [5, 5.41) is 6.29. The highest BCUT2D eigenvalue weighted by Crippen LogP contribution is 2.33. The second kappa shape index (κ2) is 9.16. The average molecular weight is 444 g/mol. The van der Waals surface area contributed by atoms with E-state index in [0.29, 0.717) is 56.3 Å². The average Bonchev–Trinajstić information content (AvgIpc) is 3.28. The molecular weight excluding hydrogens is 418 g/mol. The van der Waals surface area contributed by atoms with E-state index in [-0.39, 0.29) is 30.3 Å². The Kier molecular flexibility index (Phi) is 6.34. The zero-order valence-electron chi connectivity index (χ0n) is 17.1. The molecule has 0 unspecified atom stereocenters. The van der Waals surface area contributed by atoms with Gasteiger partial charge in [-0.15, -0.1) is 12.4 Å². The Labute approximate surface area is 187 Å². The van der Waals surface area contributed by atoms with Gasteiger partial charge in [0.25, 0.3) is 0 Å². The lowest BCUT2D eigenvalue weighted by Gasteiger charge is -2.31. The number of nitrogens with zero attached hydrogens (tertiary/aromatic N) is 1. The number of halogens is 1. The minimum atomic E-state index is -0.454. The SMILES string of the molecule is Cl.O=C(Nc1ccc2c(c1)OCCO2)[C@@H]1CCCN1C(=O)[C@@H]1Cc2ccccc2CN1. The Balaban J connectivity index is 0.00000231. The smallest absolute Gasteiger partial charge is 0.247 e. The van der Waals surface area contributed by atoms with Crippen molar-refractivity contribution >= 4 is 29.9 Å². The van der Waals surface area contributed by atoms with Gasteiger partial charge in [-0.2, -0.15) is 0 Å². The molecule has 2 atom stereocenters. The van der Waals surface area contributed by atoms with Gasteiger partial charge in [0.1, 0.15) is 19.3 Å². The maximum atomic E-state index is 13.2. The first-order valence-corrected chi connectivity index (χ1v) is 10.5. The number of carbonyl (C=O) groups excluding carboxylic acids is 2. The molecule has 0 aliphatic carbocycles. The molecular formula is C23H26ClN3O4. The Morgan fingerprint density at radius 3 is 2.65 bits per heavy atom. The number of rotatable bonds is 3. The van der Waals surface area contributed by atoms with Crippen molar-refractivity contribution in [3.63, 3.8) is 0 Å². The van der Waals surface area contributed by atoms with Gasteiger partial charge in [-0.3, -0.25) is 9.59 Å². The number of fused-ring (bicyclic) bond motifs is 2. The minimum Gasteiger partial charge on any atom is -0.486 e. The first kappa shape index (κ1) is 21.5. The molecule has 2 aromatic rings. The molecule has 0 radical (unpaired) electrons. The molecule has 31 heavy (non-hydrogen) atoms. The van der Waals surface area contributed by atoms with Gasteiger partial charge in [0.15, 0.2) is 11.5 Å². The summed E-state index contributed by atoms with van der Waals surface area (Å²) < 4.78 is 11.1. The van der Waals surface area contributed by atoms with E-state index in [1.165, 1.54) is 11.1 Å². The fourth-order valence-electron chi connectivity index (χ4n) is 4.48. The van der Waals surface area contributed by atoms with Crippen molar-refractivity contribution in [1.29, 1.82) is 0 Å². The third kappa shape index (κ3) is 4.34. The van der Waals surface area contributed by atoms with Crippen molar-refractivity contribution in [2.24, 2.45) is 0 Å². The summed E-state index contributed by atoms with van der Waals surface area (Å²) in [6.07, 6.45) is 2.15. The third-order valence-corrected chi connectivity index (χ3v) is 6.03. The summed E-state index contributed by atoms with van der Waals surface area (Å²) in [5.41, 5.74) is 3.08. The van der Waals surface area contributed by atoms with Crippen LogP contribution >= 0.6 is 12.4 Å². The largest absolute Gasteiger partial charge is 0.486 e. The van der Waals surface area contributed by atoms with Gasteiger partial charge in [0.2, 0.25) is 11.8 Å². The molecule has 8 heteroatoms. The molecule has 1 saturated heterocycles. The van der Waals surface area contributed by atoms with Crippen LogP contribution in [0.4, 0.5) is 5.69 Å². The summed E-state index contributed by atoms with van der Waals surface area (Å²) >= 11 is 0. The molecule has 3 heterocycles. The molecule has 3 aliphatic heterocycles. The van der Waals surface area contributed by atoms with Crippen molar-refractivity contribution in [3.05, 3.63) is 53.6 Å². The summed E-state index contributed by atoms with van der Waals surface area (Å²) in [5.74, 6) is 1.15. The van der Waals surface area contributed by atoms with Gasteiger partial charge in [0, 0.05) is 24.8 Å². The zero-order chi connectivity index (χ0) is 20.5. The van der Waals surface area contributed by atoms with E-state index in [0.717, 1.165) is 6.42 Å². The second-order valence-electron chi connectivity index (χ2n) is 7.94. The lowest BCUT2D eigenvalue weighted by atomic mass is 9.95. The number of carbonyl (C=O) groups is 2. The molecule has 1 fully saturated rings. The number of likely N-dealkylation sites (tertiary alicyclic amines) is 1. The highest BCUT2D eigenvalue weighted by Gasteiger charge is 2.38. The molecule has 5 rings (SSSR count). The van der Waals surface area contributed by atoms with E-state index in [2.05, 4.69) is 22.8 Å². The lowest BCUT2D eigenvalue weighted by molar-refractivity contribution is -0.138. The second-order valence-corrected chi connectivity index (χ2v) is 7.94. The van der Waals surface area contributed by atoms with Gasteiger partial charge >= 0.3 is 0 Å². The number of anilines is 1. The molecule has 3 aliphatic rings. The number of amides is 2. The molecule has 2 amide bonds. The Morgan fingerprint density at radius 1 is 1.03 bits per heavy atom. The number of hydrogen-bond acceptors (Lipinski definition) is 5. The van der Waals surface area contributed by atoms with Gasteiger partial charge in [-0.05, 0) is 42.5 Å². The van der Waals surface area contributed by atoms with Crippen molar-refractivity contribution in [2.75, 3.05) is 25.1 Å². The molecule has 0 bridgehead atoms. The van der Waals surface area contributed by atoms with Gasteiger partial charge in [0.05, 0.1) is 6.04 Å². The standard InChI is InChI=1S/C23H25N3O4.ClH/c27-22(25-17-7-8-20-21(13-17)30-11-10-29-20)19-6-3-9-26(19)23(28)18-12-15-4-1-2-5-16(15)14-24-18;/h1-2,4-5,7-8,13,18-19,24H,3,6,9-12,14H2,(H,25,27);1H/t18-,19-;/m0./s1. The maximum absolute atomic E-state index is 13.2. The highest BCUT2D eigenvalue weighted by molar-refractivity contribution is 5.98.